The summed E-state index contributed by atoms with van der Waals surface area (Å²) in [6, 6.07) is 6.98. The number of phenolic OH excluding ortho intramolecular Hbond substituents is 1. The van der Waals surface area contributed by atoms with Gasteiger partial charge in [0.15, 0.2) is 0 Å². The van der Waals surface area contributed by atoms with E-state index in [4.69, 9.17) is 5.11 Å². The molecule has 2 nitrogen and oxygen atoms in total. The molecule has 0 atom stereocenters. The number of Topliss-reactive ketones (excluding diaryl/α,β-unsaturated/α-hetero) is 1. The van der Waals surface area contributed by atoms with E-state index in [9.17, 15) is 4.79 Å². The molecular weight excluding hydrogens is 164 g/mol. The Morgan fingerprint density at radius 1 is 1.31 bits per heavy atom. The van der Waals surface area contributed by atoms with Gasteiger partial charge in [-0.1, -0.05) is 19.1 Å². The van der Waals surface area contributed by atoms with Gasteiger partial charge in [-0.2, -0.15) is 0 Å². The van der Waals surface area contributed by atoms with Gasteiger partial charge in [0.25, 0.3) is 0 Å². The fourth-order valence-electron chi connectivity index (χ4n) is 1.12. The number of hydrogen-bond acceptors (Lipinski definition) is 2. The van der Waals surface area contributed by atoms with E-state index >= 15 is 0 Å². The van der Waals surface area contributed by atoms with Crippen LogP contribution in [-0.2, 0) is 11.2 Å². The first kappa shape index (κ1) is 9.78. The highest BCUT2D eigenvalue weighted by atomic mass is 16.3. The predicted molar refractivity (Wildman–Crippen MR) is 51.7 cm³/mol. The van der Waals surface area contributed by atoms with Crippen LogP contribution in [0.4, 0.5) is 0 Å². The largest absolute Gasteiger partial charge is 0.508 e. The zero-order chi connectivity index (χ0) is 9.68. The minimum atomic E-state index is 0.269. The Bertz CT molecular complexity index is 275. The lowest BCUT2D eigenvalue weighted by molar-refractivity contribution is -0.118. The zero-order valence-electron chi connectivity index (χ0n) is 7.79. The monoisotopic (exact) mass is 178 g/mol. The normalized spacial score (nSPS) is 9.92. The number of aromatic hydroxyl groups is 1. The molecule has 0 bridgehead atoms. The standard InChI is InChI=1S/C11H14O2/c1-2-10(12)6-3-9-4-7-11(13)8-5-9/h4-5,7-8,13H,2-3,6H2,1H3. The fourth-order valence-corrected chi connectivity index (χ4v) is 1.12. The summed E-state index contributed by atoms with van der Waals surface area (Å²) in [7, 11) is 0. The molecule has 1 aromatic rings. The Balaban J connectivity index is 2.46. The van der Waals surface area contributed by atoms with Crippen LogP contribution in [0.2, 0.25) is 0 Å². The van der Waals surface area contributed by atoms with Crippen molar-refractivity contribution in [3.63, 3.8) is 0 Å². The lowest BCUT2D eigenvalue weighted by Gasteiger charge is -1.99. The molecule has 0 radical (unpaired) electrons. The van der Waals surface area contributed by atoms with Crippen LogP contribution in [0.1, 0.15) is 25.3 Å². The molecule has 0 saturated heterocycles. The van der Waals surface area contributed by atoms with E-state index in [0.717, 1.165) is 12.0 Å². The minimum absolute atomic E-state index is 0.269. The van der Waals surface area contributed by atoms with Gasteiger partial charge in [-0.05, 0) is 24.1 Å². The highest BCUT2D eigenvalue weighted by Crippen LogP contribution is 2.11. The average molecular weight is 178 g/mol. The average Bonchev–Trinajstić information content (AvgIpc) is 2.16. The van der Waals surface area contributed by atoms with Crippen LogP contribution in [-0.4, -0.2) is 10.9 Å². The lowest BCUT2D eigenvalue weighted by Crippen LogP contribution is -1.97. The Kier molecular flexibility index (Phi) is 3.50. The molecule has 0 aromatic heterocycles. The summed E-state index contributed by atoms with van der Waals surface area (Å²) in [6.45, 7) is 1.87. The first-order valence-corrected chi connectivity index (χ1v) is 4.52. The number of ketones is 1. The van der Waals surface area contributed by atoms with Crippen LogP contribution in [0.3, 0.4) is 0 Å². The first-order chi connectivity index (χ1) is 6.22. The van der Waals surface area contributed by atoms with Gasteiger partial charge in [-0.25, -0.2) is 0 Å². The van der Waals surface area contributed by atoms with E-state index in [1.165, 1.54) is 0 Å². The third-order valence-electron chi connectivity index (χ3n) is 2.02. The van der Waals surface area contributed by atoms with Gasteiger partial charge in [0.2, 0.25) is 0 Å². The van der Waals surface area contributed by atoms with Crippen molar-refractivity contribution in [2.45, 2.75) is 26.2 Å². The van der Waals surface area contributed by atoms with Gasteiger partial charge in [-0.3, -0.25) is 4.79 Å². The van der Waals surface area contributed by atoms with Crippen molar-refractivity contribution in [3.05, 3.63) is 29.8 Å². The number of hydrogen-bond donors (Lipinski definition) is 1. The van der Waals surface area contributed by atoms with Crippen molar-refractivity contribution in [3.8, 4) is 5.75 Å². The highest BCUT2D eigenvalue weighted by molar-refractivity contribution is 5.78. The van der Waals surface area contributed by atoms with E-state index in [1.54, 1.807) is 12.1 Å². The van der Waals surface area contributed by atoms with E-state index in [1.807, 2.05) is 19.1 Å². The summed E-state index contributed by atoms with van der Waals surface area (Å²) in [4.78, 5) is 11.0. The molecule has 0 spiro atoms. The van der Waals surface area contributed by atoms with Gasteiger partial charge in [0, 0.05) is 12.8 Å². The number of rotatable bonds is 4. The molecule has 0 amide bonds. The highest BCUT2D eigenvalue weighted by Gasteiger charge is 1.99. The Labute approximate surface area is 78.2 Å². The first-order valence-electron chi connectivity index (χ1n) is 4.52. The van der Waals surface area contributed by atoms with Crippen molar-refractivity contribution < 1.29 is 9.90 Å². The molecule has 0 aliphatic rings. The van der Waals surface area contributed by atoms with Crippen molar-refractivity contribution >= 4 is 5.78 Å². The number of phenols is 1. The van der Waals surface area contributed by atoms with Crippen LogP contribution < -0.4 is 0 Å². The van der Waals surface area contributed by atoms with Gasteiger partial charge in [-0.15, -0.1) is 0 Å². The Hall–Kier alpha value is -1.31. The van der Waals surface area contributed by atoms with Crippen molar-refractivity contribution in [1.82, 2.24) is 0 Å². The van der Waals surface area contributed by atoms with Crippen LogP contribution in [0.25, 0.3) is 0 Å². The summed E-state index contributed by atoms with van der Waals surface area (Å²) in [6.07, 6.45) is 1.98. The maximum Gasteiger partial charge on any atom is 0.132 e. The van der Waals surface area contributed by atoms with Crippen LogP contribution in [0.15, 0.2) is 24.3 Å². The number of aryl methyl sites for hydroxylation is 1. The van der Waals surface area contributed by atoms with Crippen molar-refractivity contribution in [2.24, 2.45) is 0 Å². The molecule has 2 heteroatoms. The van der Waals surface area contributed by atoms with E-state index in [2.05, 4.69) is 0 Å². The molecule has 0 aliphatic carbocycles. The topological polar surface area (TPSA) is 37.3 Å². The third-order valence-corrected chi connectivity index (χ3v) is 2.02. The molecule has 0 unspecified atom stereocenters. The van der Waals surface area contributed by atoms with Crippen LogP contribution >= 0.6 is 0 Å². The molecule has 0 aliphatic heterocycles. The fraction of sp³-hybridized carbons (Fsp3) is 0.364. The van der Waals surface area contributed by atoms with Crippen molar-refractivity contribution in [2.75, 3.05) is 0 Å². The van der Waals surface area contributed by atoms with Gasteiger partial charge in [0.05, 0.1) is 0 Å². The molecular formula is C11H14O2. The Morgan fingerprint density at radius 2 is 1.92 bits per heavy atom. The molecule has 0 fully saturated rings. The SMILES string of the molecule is CCC(=O)CCc1ccc(O)cc1. The molecule has 1 N–H and O–H groups in total. The van der Waals surface area contributed by atoms with Crippen molar-refractivity contribution in [1.29, 1.82) is 0 Å². The van der Waals surface area contributed by atoms with Gasteiger partial charge < -0.3 is 5.11 Å². The number of carbonyl (C=O) groups excluding carboxylic acids is 1. The second kappa shape index (κ2) is 4.65. The van der Waals surface area contributed by atoms with E-state index in [0.29, 0.717) is 12.8 Å². The predicted octanol–water partition coefficient (Wildman–Crippen LogP) is 2.30. The smallest absolute Gasteiger partial charge is 0.132 e. The zero-order valence-corrected chi connectivity index (χ0v) is 7.79. The van der Waals surface area contributed by atoms with Gasteiger partial charge >= 0.3 is 0 Å². The maximum absolute atomic E-state index is 11.0. The summed E-state index contributed by atoms with van der Waals surface area (Å²) < 4.78 is 0. The molecule has 70 valence electrons. The molecule has 0 heterocycles. The number of carbonyl (C=O) groups is 1. The summed E-state index contributed by atoms with van der Waals surface area (Å²) in [5.74, 6) is 0.554. The molecule has 0 saturated carbocycles. The minimum Gasteiger partial charge on any atom is -0.508 e. The quantitative estimate of drug-likeness (QED) is 0.768. The lowest BCUT2D eigenvalue weighted by atomic mass is 10.1. The van der Waals surface area contributed by atoms with Crippen LogP contribution in [0.5, 0.6) is 5.75 Å². The second-order valence-electron chi connectivity index (χ2n) is 3.06. The molecule has 1 aromatic carbocycles. The third kappa shape index (κ3) is 3.28. The van der Waals surface area contributed by atoms with E-state index < -0.39 is 0 Å². The molecule has 1 rings (SSSR count). The maximum atomic E-state index is 11.0. The molecule has 13 heavy (non-hydrogen) atoms. The van der Waals surface area contributed by atoms with E-state index in [-0.39, 0.29) is 11.5 Å². The van der Waals surface area contributed by atoms with Crippen LogP contribution in [0, 0.1) is 0 Å². The second-order valence-corrected chi connectivity index (χ2v) is 3.06. The number of benzene rings is 1. The Morgan fingerprint density at radius 3 is 2.46 bits per heavy atom. The summed E-state index contributed by atoms with van der Waals surface area (Å²) in [5.41, 5.74) is 1.10. The summed E-state index contributed by atoms with van der Waals surface area (Å²) in [5, 5.41) is 9.01. The van der Waals surface area contributed by atoms with Gasteiger partial charge in [0.1, 0.15) is 11.5 Å². The summed E-state index contributed by atoms with van der Waals surface area (Å²) >= 11 is 0.